The number of nitrogens with zero attached hydrogens (tertiary/aromatic N) is 3. The van der Waals surface area contributed by atoms with Gasteiger partial charge in [0.15, 0.2) is 11.6 Å². The molecule has 6 heteroatoms. The summed E-state index contributed by atoms with van der Waals surface area (Å²) >= 11 is 5.94. The van der Waals surface area contributed by atoms with Crippen LogP contribution in [0.5, 0.6) is 0 Å². The lowest BCUT2D eigenvalue weighted by Crippen LogP contribution is -2.15. The summed E-state index contributed by atoms with van der Waals surface area (Å²) in [5.74, 6) is 1.23. The summed E-state index contributed by atoms with van der Waals surface area (Å²) in [4.78, 5) is 4.61. The molecule has 0 aliphatic carbocycles. The molecular formula is C17H16ClN5. The lowest BCUT2D eigenvalue weighted by atomic mass is 10.1. The third kappa shape index (κ3) is 3.64. The zero-order valence-electron chi connectivity index (χ0n) is 12.4. The number of benzene rings is 2. The van der Waals surface area contributed by atoms with Crippen molar-refractivity contribution in [1.29, 1.82) is 0 Å². The second-order valence-corrected chi connectivity index (χ2v) is 5.36. The van der Waals surface area contributed by atoms with Crippen LogP contribution in [0.25, 0.3) is 22.6 Å². The van der Waals surface area contributed by atoms with E-state index in [1.54, 1.807) is 0 Å². The molecule has 0 saturated carbocycles. The van der Waals surface area contributed by atoms with E-state index in [1.165, 1.54) is 0 Å². The molecule has 0 amide bonds. The molecule has 0 bridgehead atoms. The average Bonchev–Trinajstić information content (AvgIpc) is 2.61. The van der Waals surface area contributed by atoms with Crippen LogP contribution in [0.4, 0.5) is 5.82 Å². The van der Waals surface area contributed by atoms with E-state index in [0.29, 0.717) is 35.4 Å². The first-order valence-electron chi connectivity index (χ1n) is 7.28. The van der Waals surface area contributed by atoms with Crippen LogP contribution >= 0.6 is 11.6 Å². The Kier molecular flexibility index (Phi) is 4.80. The normalized spacial score (nSPS) is 10.5. The first-order chi connectivity index (χ1) is 11.3. The van der Waals surface area contributed by atoms with Crippen molar-refractivity contribution in [2.45, 2.75) is 0 Å². The molecule has 23 heavy (non-hydrogen) atoms. The Balaban J connectivity index is 2.03. The van der Waals surface area contributed by atoms with E-state index in [1.807, 2.05) is 54.6 Å². The molecule has 0 fully saturated rings. The van der Waals surface area contributed by atoms with Gasteiger partial charge in [0.1, 0.15) is 5.69 Å². The Morgan fingerprint density at radius 2 is 1.65 bits per heavy atom. The van der Waals surface area contributed by atoms with Crippen LogP contribution in [0.3, 0.4) is 0 Å². The number of halogens is 1. The van der Waals surface area contributed by atoms with E-state index in [0.717, 1.165) is 11.1 Å². The summed E-state index contributed by atoms with van der Waals surface area (Å²) in [5, 5.41) is 12.5. The van der Waals surface area contributed by atoms with Crippen molar-refractivity contribution in [3.05, 3.63) is 59.6 Å². The number of anilines is 1. The fourth-order valence-corrected chi connectivity index (χ4v) is 2.28. The van der Waals surface area contributed by atoms with Gasteiger partial charge in [-0.2, -0.15) is 0 Å². The Bertz CT molecular complexity index is 775. The average molecular weight is 326 g/mol. The molecule has 3 aromatic rings. The van der Waals surface area contributed by atoms with Crippen molar-refractivity contribution >= 4 is 17.4 Å². The predicted octanol–water partition coefficient (Wildman–Crippen LogP) is 3.23. The lowest BCUT2D eigenvalue weighted by Gasteiger charge is -2.11. The number of nitrogens with one attached hydrogen (secondary N) is 1. The molecule has 0 unspecified atom stereocenters. The van der Waals surface area contributed by atoms with Crippen molar-refractivity contribution in [2.75, 3.05) is 18.4 Å². The lowest BCUT2D eigenvalue weighted by molar-refractivity contribution is 0.959. The van der Waals surface area contributed by atoms with Crippen LogP contribution in [-0.4, -0.2) is 28.3 Å². The third-order valence-electron chi connectivity index (χ3n) is 3.27. The van der Waals surface area contributed by atoms with Gasteiger partial charge in [0.05, 0.1) is 0 Å². The van der Waals surface area contributed by atoms with Gasteiger partial charge in [-0.3, -0.25) is 0 Å². The zero-order chi connectivity index (χ0) is 16.1. The highest BCUT2D eigenvalue weighted by atomic mass is 35.5. The number of nitrogens with two attached hydrogens (primary N) is 1. The Morgan fingerprint density at radius 3 is 2.35 bits per heavy atom. The largest absolute Gasteiger partial charge is 0.367 e. The number of hydrogen-bond acceptors (Lipinski definition) is 5. The minimum atomic E-state index is 0.505. The van der Waals surface area contributed by atoms with Crippen molar-refractivity contribution in [1.82, 2.24) is 15.2 Å². The third-order valence-corrected chi connectivity index (χ3v) is 3.53. The minimum Gasteiger partial charge on any atom is -0.367 e. The molecule has 0 spiro atoms. The number of aromatic nitrogens is 3. The van der Waals surface area contributed by atoms with Crippen LogP contribution < -0.4 is 11.1 Å². The summed E-state index contributed by atoms with van der Waals surface area (Å²) in [6, 6.07) is 17.2. The molecule has 0 radical (unpaired) electrons. The van der Waals surface area contributed by atoms with E-state index in [9.17, 15) is 0 Å². The van der Waals surface area contributed by atoms with Crippen LogP contribution in [-0.2, 0) is 0 Å². The van der Waals surface area contributed by atoms with Gasteiger partial charge in [0, 0.05) is 29.2 Å². The maximum atomic E-state index is 5.94. The summed E-state index contributed by atoms with van der Waals surface area (Å²) in [5.41, 5.74) is 8.08. The van der Waals surface area contributed by atoms with Gasteiger partial charge in [-0.1, -0.05) is 54.1 Å². The summed E-state index contributed by atoms with van der Waals surface area (Å²) in [6.45, 7) is 1.11. The van der Waals surface area contributed by atoms with Gasteiger partial charge in [0.25, 0.3) is 0 Å². The van der Waals surface area contributed by atoms with E-state index in [4.69, 9.17) is 17.3 Å². The standard InChI is InChI=1S/C17H16ClN5/c18-14-8-6-12(7-9-14)15-17(20-11-10-19)21-16(23-22-15)13-4-2-1-3-5-13/h1-9H,10-11,19H2,(H,20,21,23). The van der Waals surface area contributed by atoms with Gasteiger partial charge in [-0.05, 0) is 12.1 Å². The minimum absolute atomic E-state index is 0.505. The second kappa shape index (κ2) is 7.17. The van der Waals surface area contributed by atoms with Crippen LogP contribution in [0.1, 0.15) is 0 Å². The summed E-state index contributed by atoms with van der Waals surface area (Å²) in [7, 11) is 0. The summed E-state index contributed by atoms with van der Waals surface area (Å²) < 4.78 is 0. The van der Waals surface area contributed by atoms with Crippen LogP contribution in [0, 0.1) is 0 Å². The van der Waals surface area contributed by atoms with Gasteiger partial charge in [0.2, 0.25) is 0 Å². The Hall–Kier alpha value is -2.50. The van der Waals surface area contributed by atoms with Gasteiger partial charge >= 0.3 is 0 Å². The fraction of sp³-hybridized carbons (Fsp3) is 0.118. The van der Waals surface area contributed by atoms with E-state index in [-0.39, 0.29) is 0 Å². The van der Waals surface area contributed by atoms with Gasteiger partial charge < -0.3 is 11.1 Å². The van der Waals surface area contributed by atoms with Crippen molar-refractivity contribution in [2.24, 2.45) is 5.73 Å². The highest BCUT2D eigenvalue weighted by Gasteiger charge is 2.12. The molecule has 3 N–H and O–H groups in total. The zero-order valence-corrected chi connectivity index (χ0v) is 13.2. The molecule has 0 aliphatic heterocycles. The van der Waals surface area contributed by atoms with E-state index >= 15 is 0 Å². The molecule has 0 saturated heterocycles. The summed E-state index contributed by atoms with van der Waals surface area (Å²) in [6.07, 6.45) is 0. The van der Waals surface area contributed by atoms with E-state index < -0.39 is 0 Å². The topological polar surface area (TPSA) is 76.7 Å². The highest BCUT2D eigenvalue weighted by molar-refractivity contribution is 6.30. The Labute approximate surface area is 139 Å². The predicted molar refractivity (Wildman–Crippen MR) is 93.3 cm³/mol. The van der Waals surface area contributed by atoms with Crippen molar-refractivity contribution < 1.29 is 0 Å². The molecule has 0 atom stereocenters. The van der Waals surface area contributed by atoms with Gasteiger partial charge in [-0.25, -0.2) is 4.98 Å². The molecule has 5 nitrogen and oxygen atoms in total. The van der Waals surface area contributed by atoms with Gasteiger partial charge in [-0.15, -0.1) is 10.2 Å². The first-order valence-corrected chi connectivity index (χ1v) is 7.66. The first kappa shape index (κ1) is 15.4. The van der Waals surface area contributed by atoms with Crippen LogP contribution in [0.15, 0.2) is 54.6 Å². The molecule has 1 aromatic heterocycles. The molecule has 2 aromatic carbocycles. The highest BCUT2D eigenvalue weighted by Crippen LogP contribution is 2.26. The van der Waals surface area contributed by atoms with Crippen molar-refractivity contribution in [3.8, 4) is 22.6 Å². The maximum Gasteiger partial charge on any atom is 0.183 e. The smallest absolute Gasteiger partial charge is 0.183 e. The molecular weight excluding hydrogens is 310 g/mol. The SMILES string of the molecule is NCCNc1nc(-c2ccccc2)nnc1-c1ccc(Cl)cc1. The monoisotopic (exact) mass is 325 g/mol. The molecule has 116 valence electrons. The molecule has 3 rings (SSSR count). The Morgan fingerprint density at radius 1 is 0.913 bits per heavy atom. The van der Waals surface area contributed by atoms with Crippen LogP contribution in [0.2, 0.25) is 5.02 Å². The molecule has 1 heterocycles. The maximum absolute atomic E-state index is 5.94. The number of hydrogen-bond donors (Lipinski definition) is 2. The number of rotatable bonds is 5. The fourth-order valence-electron chi connectivity index (χ4n) is 2.15. The van der Waals surface area contributed by atoms with E-state index in [2.05, 4.69) is 20.5 Å². The second-order valence-electron chi connectivity index (χ2n) is 4.92. The molecule has 0 aliphatic rings. The van der Waals surface area contributed by atoms with Crippen molar-refractivity contribution in [3.63, 3.8) is 0 Å². The quantitative estimate of drug-likeness (QED) is 0.753.